The molecule has 1 aliphatic heterocycles. The van der Waals surface area contributed by atoms with Crippen molar-refractivity contribution < 1.29 is 28.3 Å². The smallest absolute Gasteiger partial charge is 0.338 e. The number of thioether (sulfide) groups is 1. The average molecular weight is 566 g/mol. The van der Waals surface area contributed by atoms with Crippen molar-refractivity contribution in [1.82, 2.24) is 4.98 Å². The van der Waals surface area contributed by atoms with Crippen molar-refractivity contribution >= 4 is 41.0 Å². The van der Waals surface area contributed by atoms with Crippen LogP contribution >= 0.6 is 11.8 Å². The van der Waals surface area contributed by atoms with Crippen LogP contribution in [-0.2, 0) is 14.3 Å². The molecule has 1 saturated heterocycles. The first-order valence-electron chi connectivity index (χ1n) is 12.4. The molecule has 2 amide bonds. The summed E-state index contributed by atoms with van der Waals surface area (Å²) in [5.41, 5.74) is 2.39. The number of ether oxygens (including phenoxy) is 1. The van der Waals surface area contributed by atoms with E-state index >= 15 is 0 Å². The number of carbonyl (C=O) groups is 4. The number of halogens is 1. The maximum Gasteiger partial charge on any atom is 0.338 e. The van der Waals surface area contributed by atoms with Crippen LogP contribution in [0.5, 0.6) is 0 Å². The number of ketones is 1. The number of rotatable bonds is 8. The van der Waals surface area contributed by atoms with Gasteiger partial charge in [0.25, 0.3) is 0 Å². The number of amides is 2. The second-order valence-corrected chi connectivity index (χ2v) is 10.1. The van der Waals surface area contributed by atoms with Crippen LogP contribution in [0.15, 0.2) is 96.0 Å². The highest BCUT2D eigenvalue weighted by molar-refractivity contribution is 8.00. The van der Waals surface area contributed by atoms with Crippen molar-refractivity contribution in [2.45, 2.75) is 16.7 Å². The van der Waals surface area contributed by atoms with E-state index in [1.165, 1.54) is 36.4 Å². The van der Waals surface area contributed by atoms with Crippen molar-refractivity contribution in [2.24, 2.45) is 0 Å². The van der Waals surface area contributed by atoms with Gasteiger partial charge in [-0.2, -0.15) is 5.26 Å². The molecule has 0 bridgehead atoms. The van der Waals surface area contributed by atoms with E-state index in [2.05, 4.69) is 11.1 Å². The summed E-state index contributed by atoms with van der Waals surface area (Å²) in [4.78, 5) is 56.3. The van der Waals surface area contributed by atoms with Gasteiger partial charge in [-0.3, -0.25) is 14.4 Å². The molecule has 0 aliphatic carbocycles. The van der Waals surface area contributed by atoms with Crippen LogP contribution in [0.1, 0.15) is 32.7 Å². The van der Waals surface area contributed by atoms with E-state index in [4.69, 9.17) is 4.74 Å². The summed E-state index contributed by atoms with van der Waals surface area (Å²) in [5, 5.41) is 9.15. The molecule has 1 atom stereocenters. The van der Waals surface area contributed by atoms with E-state index in [0.29, 0.717) is 16.3 Å². The first kappa shape index (κ1) is 27.4. The molecule has 10 heteroatoms. The van der Waals surface area contributed by atoms with Crippen LogP contribution in [0.2, 0.25) is 0 Å². The van der Waals surface area contributed by atoms with E-state index in [1.54, 1.807) is 12.1 Å². The maximum absolute atomic E-state index is 13.2. The summed E-state index contributed by atoms with van der Waals surface area (Å²) in [6.07, 6.45) is -0.0824. The number of nitriles is 1. The molecule has 4 aromatic rings. The third-order valence-electron chi connectivity index (χ3n) is 6.27. The van der Waals surface area contributed by atoms with Gasteiger partial charge in [-0.1, -0.05) is 42.1 Å². The number of nitrogens with zero attached hydrogens (tertiary/aromatic N) is 3. The Balaban J connectivity index is 1.25. The molecule has 1 unspecified atom stereocenters. The number of pyridine rings is 1. The number of anilines is 1. The van der Waals surface area contributed by atoms with Gasteiger partial charge in [-0.05, 0) is 60.7 Å². The lowest BCUT2D eigenvalue weighted by molar-refractivity contribution is -0.121. The molecule has 8 nitrogen and oxygen atoms in total. The van der Waals surface area contributed by atoms with E-state index in [0.717, 1.165) is 34.4 Å². The molecule has 1 aliphatic rings. The molecule has 5 rings (SSSR count). The Labute approximate surface area is 238 Å². The van der Waals surface area contributed by atoms with Crippen molar-refractivity contribution in [3.63, 3.8) is 0 Å². The van der Waals surface area contributed by atoms with Gasteiger partial charge in [-0.15, -0.1) is 0 Å². The average Bonchev–Trinajstić information content (AvgIpc) is 3.28. The van der Waals surface area contributed by atoms with E-state index in [9.17, 15) is 28.8 Å². The Morgan fingerprint density at radius 1 is 0.951 bits per heavy atom. The van der Waals surface area contributed by atoms with Crippen molar-refractivity contribution in [3.8, 4) is 17.3 Å². The van der Waals surface area contributed by atoms with Crippen LogP contribution in [0.25, 0.3) is 11.3 Å². The zero-order valence-corrected chi connectivity index (χ0v) is 22.1. The minimum absolute atomic E-state index is 0.0824. The molecule has 0 saturated carbocycles. The highest BCUT2D eigenvalue weighted by atomic mass is 32.2. The van der Waals surface area contributed by atoms with Crippen LogP contribution in [0.4, 0.5) is 10.1 Å². The van der Waals surface area contributed by atoms with Crippen LogP contribution < -0.4 is 4.90 Å². The Hall–Kier alpha value is -5.14. The minimum Gasteiger partial charge on any atom is -0.454 e. The SMILES string of the molecule is N#Cc1ccc(-c2ccccc2)nc1SC1CC(=O)N(c2ccc(C(=O)OCC(=O)c3ccc(F)cc3)cc2)C1=O. The third kappa shape index (κ3) is 6.05. The number of imide groups is 1. The van der Waals surface area contributed by atoms with Gasteiger partial charge in [0.1, 0.15) is 16.9 Å². The number of esters is 1. The van der Waals surface area contributed by atoms with Gasteiger partial charge in [0.15, 0.2) is 12.4 Å². The number of Topliss-reactive ketones (excluding diaryl/α,β-unsaturated/α-hetero) is 1. The molecular formula is C31H20FN3O5S. The summed E-state index contributed by atoms with van der Waals surface area (Å²) in [6, 6.07) is 25.4. The summed E-state index contributed by atoms with van der Waals surface area (Å²) < 4.78 is 18.1. The Kier molecular flexibility index (Phi) is 7.99. The molecule has 0 N–H and O–H groups in total. The van der Waals surface area contributed by atoms with Gasteiger partial charge in [0, 0.05) is 17.5 Å². The quantitative estimate of drug-likeness (QED) is 0.162. The molecule has 0 spiro atoms. The minimum atomic E-state index is -0.782. The van der Waals surface area contributed by atoms with E-state index < -0.39 is 41.2 Å². The molecule has 202 valence electrons. The van der Waals surface area contributed by atoms with Gasteiger partial charge in [0.2, 0.25) is 11.8 Å². The Morgan fingerprint density at radius 2 is 1.63 bits per heavy atom. The summed E-state index contributed by atoms with van der Waals surface area (Å²) in [5.74, 6) is -2.64. The number of hydrogen-bond donors (Lipinski definition) is 0. The standard InChI is InChI=1S/C31H20FN3O5S/c32-23-11-6-20(7-12-23)26(36)18-40-31(39)21-8-13-24(14-9-21)35-28(37)16-27(30(35)38)41-29-22(17-33)10-15-25(34-29)19-4-2-1-3-5-19/h1-15,27H,16,18H2. The molecule has 41 heavy (non-hydrogen) atoms. The molecule has 1 aromatic heterocycles. The molecule has 3 aromatic carbocycles. The molecular weight excluding hydrogens is 545 g/mol. The zero-order valence-electron chi connectivity index (χ0n) is 21.3. The first-order chi connectivity index (χ1) is 19.8. The summed E-state index contributed by atoms with van der Waals surface area (Å²) >= 11 is 1.07. The number of hydrogen-bond acceptors (Lipinski definition) is 8. The van der Waals surface area contributed by atoms with Crippen molar-refractivity contribution in [1.29, 1.82) is 5.26 Å². The Bertz CT molecular complexity index is 1690. The van der Waals surface area contributed by atoms with E-state index in [-0.39, 0.29) is 23.2 Å². The number of carbonyl (C=O) groups excluding carboxylic acids is 4. The lowest BCUT2D eigenvalue weighted by Gasteiger charge is -2.15. The lowest BCUT2D eigenvalue weighted by atomic mass is 10.1. The van der Waals surface area contributed by atoms with Gasteiger partial charge in [0.05, 0.1) is 27.8 Å². The predicted molar refractivity (Wildman–Crippen MR) is 149 cm³/mol. The molecule has 1 fully saturated rings. The van der Waals surface area contributed by atoms with Gasteiger partial charge >= 0.3 is 5.97 Å². The summed E-state index contributed by atoms with van der Waals surface area (Å²) in [7, 11) is 0. The summed E-state index contributed by atoms with van der Waals surface area (Å²) in [6.45, 7) is -0.529. The third-order valence-corrected chi connectivity index (χ3v) is 7.46. The fourth-order valence-electron chi connectivity index (χ4n) is 4.17. The van der Waals surface area contributed by atoms with E-state index in [1.807, 2.05) is 30.3 Å². The maximum atomic E-state index is 13.2. The predicted octanol–water partition coefficient (Wildman–Crippen LogP) is 5.22. The monoisotopic (exact) mass is 565 g/mol. The fraction of sp³-hybridized carbons (Fsp3) is 0.0968. The zero-order chi connectivity index (χ0) is 28.9. The largest absolute Gasteiger partial charge is 0.454 e. The second-order valence-electron chi connectivity index (χ2n) is 8.96. The highest BCUT2D eigenvalue weighted by Crippen LogP contribution is 2.35. The van der Waals surface area contributed by atoms with Crippen molar-refractivity contribution in [2.75, 3.05) is 11.5 Å². The van der Waals surface area contributed by atoms with Gasteiger partial charge in [-0.25, -0.2) is 19.1 Å². The Morgan fingerprint density at radius 3 is 2.32 bits per heavy atom. The molecule has 0 radical (unpaired) electrons. The van der Waals surface area contributed by atoms with Gasteiger partial charge < -0.3 is 4.74 Å². The van der Waals surface area contributed by atoms with Crippen LogP contribution in [0, 0.1) is 17.1 Å². The topological polar surface area (TPSA) is 117 Å². The highest BCUT2D eigenvalue weighted by Gasteiger charge is 2.40. The first-order valence-corrected chi connectivity index (χ1v) is 13.3. The molecule has 2 heterocycles. The van der Waals surface area contributed by atoms with Crippen molar-refractivity contribution in [3.05, 3.63) is 114 Å². The van der Waals surface area contributed by atoms with Crippen LogP contribution in [0.3, 0.4) is 0 Å². The lowest BCUT2D eigenvalue weighted by Crippen LogP contribution is -2.31. The van der Waals surface area contributed by atoms with Crippen LogP contribution in [-0.4, -0.2) is 40.4 Å². The normalized spacial score (nSPS) is 14.5. The number of aromatic nitrogens is 1. The number of benzene rings is 3. The second kappa shape index (κ2) is 11.9. The fourth-order valence-corrected chi connectivity index (χ4v) is 5.26.